The number of hydrogen-bond donors (Lipinski definition) is 1. The molecule has 2 fully saturated rings. The zero-order chi connectivity index (χ0) is 16.9. The van der Waals surface area contributed by atoms with Crippen LogP contribution in [0.25, 0.3) is 0 Å². The number of aryl methyl sites for hydroxylation is 1. The van der Waals surface area contributed by atoms with Crippen LogP contribution in [0.1, 0.15) is 77.7 Å². The van der Waals surface area contributed by atoms with Crippen LogP contribution < -0.4 is 5.32 Å². The molecule has 5 heteroatoms. The molecule has 3 aliphatic rings. The van der Waals surface area contributed by atoms with E-state index in [-0.39, 0.29) is 29.3 Å². The van der Waals surface area contributed by atoms with Crippen molar-refractivity contribution >= 4 is 11.7 Å². The van der Waals surface area contributed by atoms with E-state index in [0.717, 1.165) is 38.7 Å². The summed E-state index contributed by atoms with van der Waals surface area (Å²) in [6.45, 7) is 4.56. The number of fused-ring (bicyclic) bond motifs is 1. The fourth-order valence-corrected chi connectivity index (χ4v) is 4.73. The second-order valence-corrected chi connectivity index (χ2v) is 7.42. The van der Waals surface area contributed by atoms with Gasteiger partial charge in [0.2, 0.25) is 0 Å². The summed E-state index contributed by atoms with van der Waals surface area (Å²) in [5.41, 5.74) is 1.47. The maximum absolute atomic E-state index is 12.7. The van der Waals surface area contributed by atoms with Gasteiger partial charge in [-0.15, -0.1) is 0 Å². The van der Waals surface area contributed by atoms with Crippen LogP contribution in [-0.2, 0) is 11.2 Å². The maximum Gasteiger partial charge on any atom is 0.287 e. The van der Waals surface area contributed by atoms with Crippen molar-refractivity contribution in [3.05, 3.63) is 22.6 Å². The summed E-state index contributed by atoms with van der Waals surface area (Å²) in [5, 5.41) is 3.15. The highest BCUT2D eigenvalue weighted by molar-refractivity contribution is 6.03. The number of hydrogen-bond acceptors (Lipinski definition) is 4. The van der Waals surface area contributed by atoms with E-state index in [2.05, 4.69) is 5.32 Å². The van der Waals surface area contributed by atoms with Gasteiger partial charge in [0, 0.05) is 36.5 Å². The highest BCUT2D eigenvalue weighted by Gasteiger charge is 2.59. The average molecular weight is 331 g/mol. The van der Waals surface area contributed by atoms with Crippen LogP contribution in [0.4, 0.5) is 0 Å². The number of ketones is 1. The molecule has 5 nitrogen and oxygen atoms in total. The van der Waals surface area contributed by atoms with Gasteiger partial charge in [0.15, 0.2) is 11.5 Å². The third-order valence-electron chi connectivity index (χ3n) is 6.26. The molecule has 0 aromatic carbocycles. The third kappa shape index (κ3) is 2.17. The van der Waals surface area contributed by atoms with Gasteiger partial charge in [-0.2, -0.15) is 0 Å². The minimum Gasteiger partial charge on any atom is -0.455 e. The molecule has 1 amide bonds. The van der Waals surface area contributed by atoms with Crippen LogP contribution in [-0.4, -0.2) is 30.4 Å². The third-order valence-corrected chi connectivity index (χ3v) is 6.26. The van der Waals surface area contributed by atoms with Gasteiger partial charge >= 0.3 is 0 Å². The van der Waals surface area contributed by atoms with Crippen molar-refractivity contribution in [1.29, 1.82) is 0 Å². The lowest BCUT2D eigenvalue weighted by Gasteiger charge is -2.60. The second kappa shape index (κ2) is 5.73. The number of carbonyl (C=O) groups is 2. The first-order valence-corrected chi connectivity index (χ1v) is 9.14. The smallest absolute Gasteiger partial charge is 0.287 e. The largest absolute Gasteiger partial charge is 0.455 e. The average Bonchev–Trinajstić information content (AvgIpc) is 2.83. The Hall–Kier alpha value is -1.62. The first kappa shape index (κ1) is 15.9. The Morgan fingerprint density at radius 1 is 1.33 bits per heavy atom. The Morgan fingerprint density at radius 3 is 2.75 bits per heavy atom. The van der Waals surface area contributed by atoms with Crippen molar-refractivity contribution < 1.29 is 18.7 Å². The predicted molar refractivity (Wildman–Crippen MR) is 88.3 cm³/mol. The van der Waals surface area contributed by atoms with Crippen molar-refractivity contribution in [3.63, 3.8) is 0 Å². The molecule has 1 aromatic rings. The molecular weight excluding hydrogens is 306 g/mol. The summed E-state index contributed by atoms with van der Waals surface area (Å²) < 4.78 is 11.6. The molecule has 2 atom stereocenters. The molecule has 1 spiro atoms. The molecule has 3 aliphatic carbocycles. The summed E-state index contributed by atoms with van der Waals surface area (Å²) in [4.78, 5) is 24.8. The molecular formula is C19H25NO4. The Labute approximate surface area is 142 Å². The predicted octanol–water partition coefficient (Wildman–Crippen LogP) is 3.18. The van der Waals surface area contributed by atoms with Gasteiger partial charge in [0.05, 0.1) is 11.7 Å². The first-order chi connectivity index (χ1) is 11.6. The number of ether oxygens (including phenoxy) is 1. The van der Waals surface area contributed by atoms with Crippen molar-refractivity contribution in [1.82, 2.24) is 5.32 Å². The fraction of sp³-hybridized carbons (Fsp3) is 0.684. The van der Waals surface area contributed by atoms with E-state index in [9.17, 15) is 9.59 Å². The summed E-state index contributed by atoms with van der Waals surface area (Å²) in [5.74, 6) is 0.936. The summed E-state index contributed by atoms with van der Waals surface area (Å²) in [6.07, 6.45) is 6.70. The minimum atomic E-state index is -0.180. The quantitative estimate of drug-likeness (QED) is 0.920. The zero-order valence-corrected chi connectivity index (χ0v) is 14.4. The summed E-state index contributed by atoms with van der Waals surface area (Å²) in [7, 11) is 0. The summed E-state index contributed by atoms with van der Waals surface area (Å²) in [6, 6.07) is 0.160. The minimum absolute atomic E-state index is 0.104. The van der Waals surface area contributed by atoms with Crippen LogP contribution in [0.5, 0.6) is 0 Å². The highest BCUT2D eigenvalue weighted by Crippen LogP contribution is 2.57. The van der Waals surface area contributed by atoms with Crippen LogP contribution in [0, 0.1) is 12.3 Å². The topological polar surface area (TPSA) is 68.5 Å². The number of furan rings is 1. The lowest BCUT2D eigenvalue weighted by Crippen LogP contribution is -2.67. The van der Waals surface area contributed by atoms with Gasteiger partial charge in [-0.25, -0.2) is 0 Å². The van der Waals surface area contributed by atoms with E-state index in [1.54, 1.807) is 0 Å². The molecule has 1 aromatic heterocycles. The van der Waals surface area contributed by atoms with E-state index in [1.165, 1.54) is 6.42 Å². The van der Waals surface area contributed by atoms with Crippen molar-refractivity contribution in [2.45, 2.75) is 70.9 Å². The molecule has 0 unspecified atom stereocenters. The number of carbonyl (C=O) groups excluding carboxylic acids is 2. The monoisotopic (exact) mass is 331 g/mol. The zero-order valence-electron chi connectivity index (χ0n) is 14.4. The van der Waals surface area contributed by atoms with Gasteiger partial charge in [-0.1, -0.05) is 6.42 Å². The van der Waals surface area contributed by atoms with E-state index in [0.29, 0.717) is 29.1 Å². The molecule has 24 heavy (non-hydrogen) atoms. The molecule has 1 N–H and O–H groups in total. The van der Waals surface area contributed by atoms with Crippen molar-refractivity contribution in [2.24, 2.45) is 5.41 Å². The lowest BCUT2D eigenvalue weighted by molar-refractivity contribution is -0.169. The lowest BCUT2D eigenvalue weighted by atomic mass is 9.51. The van der Waals surface area contributed by atoms with Gasteiger partial charge in [-0.3, -0.25) is 9.59 Å². The van der Waals surface area contributed by atoms with Crippen LogP contribution in [0.15, 0.2) is 4.42 Å². The second-order valence-electron chi connectivity index (χ2n) is 7.42. The van der Waals surface area contributed by atoms with E-state index < -0.39 is 0 Å². The Morgan fingerprint density at radius 2 is 2.12 bits per heavy atom. The molecule has 0 aliphatic heterocycles. The number of Topliss-reactive ketones (excluding diaryl/α,β-unsaturated/α-hetero) is 1. The van der Waals surface area contributed by atoms with E-state index in [4.69, 9.17) is 9.15 Å². The van der Waals surface area contributed by atoms with Crippen molar-refractivity contribution in [2.75, 3.05) is 6.61 Å². The van der Waals surface area contributed by atoms with Crippen LogP contribution in [0.3, 0.4) is 0 Å². The Kier molecular flexibility index (Phi) is 3.79. The van der Waals surface area contributed by atoms with Crippen LogP contribution >= 0.6 is 0 Å². The molecule has 1 heterocycles. The molecule has 4 rings (SSSR count). The SMILES string of the molecule is CCO[C@H]1C[C@@H](NC(=O)c2oc3c(c2C)C(=O)CCC3)C12CCC2. The highest BCUT2D eigenvalue weighted by atomic mass is 16.5. The molecule has 0 bridgehead atoms. The van der Waals surface area contributed by atoms with E-state index >= 15 is 0 Å². The number of amides is 1. The Bertz CT molecular complexity index is 686. The van der Waals surface area contributed by atoms with Gasteiger partial charge in [0.25, 0.3) is 5.91 Å². The van der Waals surface area contributed by atoms with Gasteiger partial charge in [0.1, 0.15) is 5.76 Å². The molecule has 0 radical (unpaired) electrons. The normalized spacial score (nSPS) is 27.3. The number of rotatable bonds is 4. The van der Waals surface area contributed by atoms with Gasteiger partial charge < -0.3 is 14.5 Å². The Balaban J connectivity index is 1.51. The molecule has 0 saturated heterocycles. The number of nitrogens with one attached hydrogen (secondary N) is 1. The fourth-order valence-electron chi connectivity index (χ4n) is 4.73. The van der Waals surface area contributed by atoms with E-state index in [1.807, 2.05) is 13.8 Å². The molecule has 2 saturated carbocycles. The standard InChI is InChI=1S/C19H25NO4/c1-3-23-15-10-14(19(15)8-5-9-19)20-18(22)17-11(2)16-12(21)6-4-7-13(16)24-17/h14-15H,3-10H2,1-2H3,(H,20,22)/t14-,15+/m1/s1. The van der Waals surface area contributed by atoms with Crippen LogP contribution in [0.2, 0.25) is 0 Å². The molecule has 130 valence electrons. The first-order valence-electron chi connectivity index (χ1n) is 9.14. The van der Waals surface area contributed by atoms with Gasteiger partial charge in [-0.05, 0) is 39.5 Å². The summed E-state index contributed by atoms with van der Waals surface area (Å²) >= 11 is 0. The maximum atomic E-state index is 12.7. The van der Waals surface area contributed by atoms with Crippen molar-refractivity contribution in [3.8, 4) is 0 Å².